The monoisotopic (exact) mass is 245 g/mol. The zero-order valence-electron chi connectivity index (χ0n) is 10.1. The maximum Gasteiger partial charge on any atom is 0.293 e. The van der Waals surface area contributed by atoms with E-state index < -0.39 is 0 Å². The van der Waals surface area contributed by atoms with Crippen molar-refractivity contribution in [3.8, 4) is 0 Å². The van der Waals surface area contributed by atoms with Crippen molar-refractivity contribution >= 4 is 5.82 Å². The Balaban J connectivity index is 2.07. The average Bonchev–Trinajstić information content (AvgIpc) is 2.41. The summed E-state index contributed by atoms with van der Waals surface area (Å²) >= 11 is 0. The van der Waals surface area contributed by atoms with E-state index in [1.54, 1.807) is 19.4 Å². The highest BCUT2D eigenvalue weighted by Gasteiger charge is 2.01. The SMILES string of the molecule is Cn1ccnc(NCc2ccc(CO)cc2)c1=O. The van der Waals surface area contributed by atoms with Crippen molar-refractivity contribution in [2.24, 2.45) is 7.05 Å². The predicted octanol–water partition coefficient (Wildman–Crippen LogP) is 0.885. The van der Waals surface area contributed by atoms with Crippen LogP contribution >= 0.6 is 0 Å². The van der Waals surface area contributed by atoms with Gasteiger partial charge in [-0.1, -0.05) is 24.3 Å². The van der Waals surface area contributed by atoms with Gasteiger partial charge in [0.05, 0.1) is 6.61 Å². The molecule has 0 aliphatic rings. The molecule has 0 amide bonds. The maximum absolute atomic E-state index is 11.7. The number of nitrogens with one attached hydrogen (secondary N) is 1. The summed E-state index contributed by atoms with van der Waals surface area (Å²) in [5, 5.41) is 11.9. The molecule has 0 radical (unpaired) electrons. The second kappa shape index (κ2) is 5.46. The molecule has 0 atom stereocenters. The van der Waals surface area contributed by atoms with Crippen molar-refractivity contribution in [3.05, 3.63) is 58.1 Å². The molecule has 2 aromatic rings. The van der Waals surface area contributed by atoms with Crippen LogP contribution in [0.5, 0.6) is 0 Å². The van der Waals surface area contributed by atoms with Gasteiger partial charge in [-0.25, -0.2) is 4.98 Å². The highest BCUT2D eigenvalue weighted by atomic mass is 16.3. The van der Waals surface area contributed by atoms with Gasteiger partial charge in [0.2, 0.25) is 0 Å². The van der Waals surface area contributed by atoms with E-state index in [0.29, 0.717) is 12.4 Å². The van der Waals surface area contributed by atoms with Gasteiger partial charge < -0.3 is 15.0 Å². The molecule has 0 aliphatic carbocycles. The van der Waals surface area contributed by atoms with Crippen LogP contribution in [0.25, 0.3) is 0 Å². The Kier molecular flexibility index (Phi) is 3.74. The summed E-state index contributed by atoms with van der Waals surface area (Å²) in [6.45, 7) is 0.562. The highest BCUT2D eigenvalue weighted by molar-refractivity contribution is 5.33. The molecule has 1 aromatic carbocycles. The number of hydrogen-bond acceptors (Lipinski definition) is 4. The third kappa shape index (κ3) is 2.75. The second-order valence-electron chi connectivity index (χ2n) is 4.02. The van der Waals surface area contributed by atoms with Crippen molar-refractivity contribution in [1.29, 1.82) is 0 Å². The van der Waals surface area contributed by atoms with Crippen molar-refractivity contribution in [1.82, 2.24) is 9.55 Å². The molecule has 0 aliphatic heterocycles. The van der Waals surface area contributed by atoms with Gasteiger partial charge >= 0.3 is 0 Å². The zero-order chi connectivity index (χ0) is 13.0. The first-order chi connectivity index (χ1) is 8.70. The maximum atomic E-state index is 11.7. The van der Waals surface area contributed by atoms with Gasteiger partial charge in [-0.15, -0.1) is 0 Å². The van der Waals surface area contributed by atoms with Gasteiger partial charge in [0.1, 0.15) is 0 Å². The number of nitrogens with zero attached hydrogens (tertiary/aromatic N) is 2. The Morgan fingerprint density at radius 1 is 1.28 bits per heavy atom. The van der Waals surface area contributed by atoms with E-state index in [9.17, 15) is 4.79 Å². The minimum absolute atomic E-state index is 0.0362. The molecule has 0 fully saturated rings. The number of benzene rings is 1. The van der Waals surface area contributed by atoms with Crippen LogP contribution in [0, 0.1) is 0 Å². The van der Waals surface area contributed by atoms with E-state index in [1.807, 2.05) is 24.3 Å². The largest absolute Gasteiger partial charge is 0.392 e. The van der Waals surface area contributed by atoms with E-state index >= 15 is 0 Å². The summed E-state index contributed by atoms with van der Waals surface area (Å²) in [5.41, 5.74) is 1.75. The topological polar surface area (TPSA) is 67.2 Å². The lowest BCUT2D eigenvalue weighted by Gasteiger charge is -2.06. The highest BCUT2D eigenvalue weighted by Crippen LogP contribution is 2.05. The van der Waals surface area contributed by atoms with Crippen molar-refractivity contribution in [2.75, 3.05) is 5.32 Å². The number of aryl methyl sites for hydroxylation is 1. The van der Waals surface area contributed by atoms with Gasteiger partial charge in [0.15, 0.2) is 5.82 Å². The summed E-state index contributed by atoms with van der Waals surface area (Å²) in [4.78, 5) is 15.7. The molecular weight excluding hydrogens is 230 g/mol. The Morgan fingerprint density at radius 2 is 1.94 bits per heavy atom. The normalized spacial score (nSPS) is 10.3. The fraction of sp³-hybridized carbons (Fsp3) is 0.231. The standard InChI is InChI=1S/C13H15N3O2/c1-16-7-6-14-12(13(16)18)15-8-10-2-4-11(9-17)5-3-10/h2-7,17H,8-9H2,1H3,(H,14,15). The summed E-state index contributed by atoms with van der Waals surface area (Å²) in [7, 11) is 1.69. The fourth-order valence-corrected chi connectivity index (χ4v) is 1.57. The molecule has 18 heavy (non-hydrogen) atoms. The lowest BCUT2D eigenvalue weighted by molar-refractivity contribution is 0.282. The van der Waals surface area contributed by atoms with E-state index in [2.05, 4.69) is 10.3 Å². The van der Waals surface area contributed by atoms with Gasteiger partial charge in [-0.3, -0.25) is 4.79 Å². The van der Waals surface area contributed by atoms with Crippen molar-refractivity contribution in [3.63, 3.8) is 0 Å². The lowest BCUT2D eigenvalue weighted by atomic mass is 10.1. The van der Waals surface area contributed by atoms with Crippen LogP contribution in [0.3, 0.4) is 0 Å². The molecule has 0 unspecified atom stereocenters. The molecule has 2 rings (SSSR count). The minimum atomic E-state index is -0.149. The zero-order valence-corrected chi connectivity index (χ0v) is 10.1. The van der Waals surface area contributed by atoms with Crippen LogP contribution in [-0.4, -0.2) is 14.7 Å². The summed E-state index contributed by atoms with van der Waals surface area (Å²) in [6, 6.07) is 7.53. The second-order valence-corrected chi connectivity index (χ2v) is 4.02. The number of aromatic nitrogens is 2. The van der Waals surface area contributed by atoms with E-state index in [1.165, 1.54) is 4.57 Å². The summed E-state index contributed by atoms with van der Waals surface area (Å²) in [6.07, 6.45) is 3.20. The third-order valence-electron chi connectivity index (χ3n) is 2.68. The molecule has 5 nitrogen and oxygen atoms in total. The van der Waals surface area contributed by atoms with Crippen molar-refractivity contribution < 1.29 is 5.11 Å². The van der Waals surface area contributed by atoms with Crippen molar-refractivity contribution in [2.45, 2.75) is 13.2 Å². The van der Waals surface area contributed by atoms with Crippen LogP contribution in [0.1, 0.15) is 11.1 Å². The molecule has 0 saturated carbocycles. The first kappa shape index (κ1) is 12.3. The van der Waals surface area contributed by atoms with Crippen LogP contribution in [0.15, 0.2) is 41.5 Å². The van der Waals surface area contributed by atoms with Gasteiger partial charge in [-0.2, -0.15) is 0 Å². The Labute approximate surface area is 105 Å². The molecule has 0 saturated heterocycles. The Morgan fingerprint density at radius 3 is 2.61 bits per heavy atom. The van der Waals surface area contributed by atoms with Crippen LogP contribution < -0.4 is 10.9 Å². The number of aliphatic hydroxyl groups excluding tert-OH is 1. The van der Waals surface area contributed by atoms with Gasteiger partial charge in [-0.05, 0) is 11.1 Å². The van der Waals surface area contributed by atoms with Crippen LogP contribution in [0.4, 0.5) is 5.82 Å². The van der Waals surface area contributed by atoms with E-state index in [0.717, 1.165) is 11.1 Å². The summed E-state index contributed by atoms with van der Waals surface area (Å²) < 4.78 is 1.48. The lowest BCUT2D eigenvalue weighted by Crippen LogP contribution is -2.21. The van der Waals surface area contributed by atoms with Crippen LogP contribution in [0.2, 0.25) is 0 Å². The smallest absolute Gasteiger partial charge is 0.293 e. The quantitative estimate of drug-likeness (QED) is 0.839. The third-order valence-corrected chi connectivity index (χ3v) is 2.68. The van der Waals surface area contributed by atoms with Crippen LogP contribution in [-0.2, 0) is 20.2 Å². The predicted molar refractivity (Wildman–Crippen MR) is 69.2 cm³/mol. The average molecular weight is 245 g/mol. The van der Waals surface area contributed by atoms with E-state index in [4.69, 9.17) is 5.11 Å². The number of anilines is 1. The van der Waals surface area contributed by atoms with E-state index in [-0.39, 0.29) is 12.2 Å². The first-order valence-electron chi connectivity index (χ1n) is 5.65. The molecule has 5 heteroatoms. The molecule has 1 aromatic heterocycles. The molecular formula is C13H15N3O2. The molecule has 0 spiro atoms. The minimum Gasteiger partial charge on any atom is -0.392 e. The molecule has 1 heterocycles. The van der Waals surface area contributed by atoms with Gasteiger partial charge in [0, 0.05) is 26.0 Å². The molecule has 2 N–H and O–H groups in total. The summed E-state index contributed by atoms with van der Waals surface area (Å²) in [5.74, 6) is 0.339. The van der Waals surface area contributed by atoms with Gasteiger partial charge in [0.25, 0.3) is 5.56 Å². The first-order valence-corrected chi connectivity index (χ1v) is 5.65. The Hall–Kier alpha value is -2.14. The molecule has 0 bridgehead atoms. The number of aliphatic hydroxyl groups is 1. The Bertz CT molecular complexity index is 576. The fourth-order valence-electron chi connectivity index (χ4n) is 1.57. The number of hydrogen-bond donors (Lipinski definition) is 2. The molecule has 94 valence electrons. The number of rotatable bonds is 4.